The predicted octanol–water partition coefficient (Wildman–Crippen LogP) is 4.59. The third-order valence-electron chi connectivity index (χ3n) is 5.54. The lowest BCUT2D eigenvalue weighted by molar-refractivity contribution is -0.124. The number of nitrogens with one attached hydrogen (secondary N) is 1. The molecular formula is C22H21ClFN3O3. The highest BCUT2D eigenvalue weighted by molar-refractivity contribution is 6.30. The molecule has 1 aliphatic carbocycles. The summed E-state index contributed by atoms with van der Waals surface area (Å²) in [6.45, 7) is 0. The van der Waals surface area contributed by atoms with Gasteiger partial charge in [0.25, 0.3) is 5.91 Å². The van der Waals surface area contributed by atoms with E-state index in [0.717, 1.165) is 30.6 Å². The van der Waals surface area contributed by atoms with Crippen LogP contribution in [0.25, 0.3) is 0 Å². The summed E-state index contributed by atoms with van der Waals surface area (Å²) in [5, 5.41) is 3.11. The van der Waals surface area contributed by atoms with Crippen LogP contribution in [-0.4, -0.2) is 34.8 Å². The number of hydrogen-bond acceptors (Lipinski definition) is 3. The molecule has 0 aromatic heterocycles. The van der Waals surface area contributed by atoms with Crippen molar-refractivity contribution in [3.8, 4) is 0 Å². The van der Waals surface area contributed by atoms with Gasteiger partial charge in [0.2, 0.25) is 5.91 Å². The van der Waals surface area contributed by atoms with E-state index in [9.17, 15) is 18.8 Å². The lowest BCUT2D eigenvalue weighted by Crippen LogP contribution is -2.43. The summed E-state index contributed by atoms with van der Waals surface area (Å²) in [4.78, 5) is 41.7. The lowest BCUT2D eigenvalue weighted by Gasteiger charge is -2.27. The Labute approximate surface area is 178 Å². The van der Waals surface area contributed by atoms with Crippen LogP contribution in [0.5, 0.6) is 0 Å². The predicted molar refractivity (Wildman–Crippen MR) is 112 cm³/mol. The van der Waals surface area contributed by atoms with Crippen molar-refractivity contribution in [1.29, 1.82) is 0 Å². The molecule has 1 atom stereocenters. The molecule has 6 nitrogen and oxygen atoms in total. The number of amides is 4. The topological polar surface area (TPSA) is 69.7 Å². The quantitative estimate of drug-likeness (QED) is 0.707. The molecule has 1 saturated carbocycles. The molecule has 2 aromatic carbocycles. The van der Waals surface area contributed by atoms with Crippen LogP contribution in [0, 0.1) is 5.82 Å². The smallest absolute Gasteiger partial charge is 0.326 e. The fraction of sp³-hybridized carbons (Fsp3) is 0.318. The maximum Gasteiger partial charge on any atom is 0.332 e. The van der Waals surface area contributed by atoms with Crippen molar-refractivity contribution in [2.45, 2.75) is 44.2 Å². The van der Waals surface area contributed by atoms with Gasteiger partial charge in [-0.1, -0.05) is 30.5 Å². The van der Waals surface area contributed by atoms with Crippen molar-refractivity contribution in [3.05, 3.63) is 59.4 Å². The third kappa shape index (κ3) is 4.03. The van der Waals surface area contributed by atoms with Gasteiger partial charge in [-0.3, -0.25) is 9.59 Å². The van der Waals surface area contributed by atoms with Crippen LogP contribution in [-0.2, 0) is 9.59 Å². The first-order valence-corrected chi connectivity index (χ1v) is 10.3. The van der Waals surface area contributed by atoms with Crippen molar-refractivity contribution in [3.63, 3.8) is 0 Å². The number of imide groups is 1. The number of halogens is 2. The Morgan fingerprint density at radius 1 is 1.10 bits per heavy atom. The fourth-order valence-electron chi connectivity index (χ4n) is 4.17. The molecule has 0 spiro atoms. The second kappa shape index (κ2) is 8.44. The summed E-state index contributed by atoms with van der Waals surface area (Å²) in [5.41, 5.74) is 0.726. The van der Waals surface area contributed by atoms with Gasteiger partial charge in [0.1, 0.15) is 11.9 Å². The van der Waals surface area contributed by atoms with E-state index in [2.05, 4.69) is 5.32 Å². The van der Waals surface area contributed by atoms with Crippen molar-refractivity contribution in [1.82, 2.24) is 4.90 Å². The highest BCUT2D eigenvalue weighted by Crippen LogP contribution is 2.34. The average molecular weight is 430 g/mol. The second-order valence-corrected chi connectivity index (χ2v) is 7.99. The summed E-state index contributed by atoms with van der Waals surface area (Å²) in [6.07, 6.45) is 3.37. The van der Waals surface area contributed by atoms with E-state index in [4.69, 9.17) is 11.6 Å². The normalized spacial score (nSPS) is 19.6. The Hall–Kier alpha value is -2.93. The number of nitrogens with zero attached hydrogens (tertiary/aromatic N) is 2. The van der Waals surface area contributed by atoms with E-state index in [1.165, 1.54) is 18.2 Å². The fourth-order valence-corrected chi connectivity index (χ4v) is 4.30. The van der Waals surface area contributed by atoms with Crippen LogP contribution >= 0.6 is 11.6 Å². The maximum absolute atomic E-state index is 13.4. The number of carbonyl (C=O) groups is 3. The van der Waals surface area contributed by atoms with Crippen molar-refractivity contribution in [2.24, 2.45) is 0 Å². The molecule has 1 aliphatic heterocycles. The monoisotopic (exact) mass is 429 g/mol. The molecule has 4 amide bonds. The number of urea groups is 1. The number of hydrogen-bond donors (Lipinski definition) is 1. The second-order valence-electron chi connectivity index (χ2n) is 7.56. The Bertz CT molecular complexity index is 976. The highest BCUT2D eigenvalue weighted by atomic mass is 35.5. The number of carbonyl (C=O) groups excluding carboxylic acids is 3. The molecule has 2 aromatic rings. The number of benzene rings is 2. The minimum Gasteiger partial charge on any atom is -0.326 e. The molecule has 156 valence electrons. The summed E-state index contributed by atoms with van der Waals surface area (Å²) in [5.74, 6) is -1.36. The molecule has 30 heavy (non-hydrogen) atoms. The minimum atomic E-state index is -0.898. The van der Waals surface area contributed by atoms with Gasteiger partial charge in [-0.05, 0) is 55.3 Å². The molecule has 2 aliphatic rings. The van der Waals surface area contributed by atoms with Crippen LogP contribution < -0.4 is 10.2 Å². The zero-order valence-corrected chi connectivity index (χ0v) is 16.9. The molecule has 8 heteroatoms. The summed E-state index contributed by atoms with van der Waals surface area (Å²) < 4.78 is 13.4. The molecule has 0 radical (unpaired) electrons. The van der Waals surface area contributed by atoms with Gasteiger partial charge >= 0.3 is 6.03 Å². The van der Waals surface area contributed by atoms with Gasteiger partial charge < -0.3 is 10.2 Å². The van der Waals surface area contributed by atoms with Gasteiger partial charge in [0, 0.05) is 16.8 Å². The Kier molecular flexibility index (Phi) is 5.72. The van der Waals surface area contributed by atoms with E-state index in [0.29, 0.717) is 16.4 Å². The Morgan fingerprint density at radius 3 is 2.47 bits per heavy atom. The standard InChI is InChI=1S/C22H21ClFN3O3/c23-14-8-10-18(11-9-14)27-21(29)19(26(22(27)30)17-6-1-2-7-17)13-20(28)25-16-5-3-4-15(24)12-16/h3-5,8-12,17,19H,1-2,6-7,13H2,(H,25,28)/t19-/m0/s1. The number of rotatable bonds is 5. The van der Waals surface area contributed by atoms with Crippen LogP contribution in [0.1, 0.15) is 32.1 Å². The van der Waals surface area contributed by atoms with Crippen LogP contribution in [0.2, 0.25) is 5.02 Å². The van der Waals surface area contributed by atoms with Crippen LogP contribution in [0.15, 0.2) is 48.5 Å². The van der Waals surface area contributed by atoms with E-state index in [1.807, 2.05) is 0 Å². The average Bonchev–Trinajstić information content (AvgIpc) is 3.30. The van der Waals surface area contributed by atoms with Gasteiger partial charge in [0.15, 0.2) is 0 Å². The van der Waals surface area contributed by atoms with Crippen molar-refractivity contribution < 1.29 is 18.8 Å². The summed E-state index contributed by atoms with van der Waals surface area (Å²) >= 11 is 5.93. The van der Waals surface area contributed by atoms with E-state index < -0.39 is 29.7 Å². The first kappa shape index (κ1) is 20.3. The number of anilines is 2. The van der Waals surface area contributed by atoms with Gasteiger partial charge in [-0.2, -0.15) is 0 Å². The molecule has 1 heterocycles. The van der Waals surface area contributed by atoms with Crippen LogP contribution in [0.3, 0.4) is 0 Å². The molecule has 0 bridgehead atoms. The summed E-state index contributed by atoms with van der Waals surface area (Å²) in [6, 6.07) is 10.6. The summed E-state index contributed by atoms with van der Waals surface area (Å²) in [7, 11) is 0. The van der Waals surface area contributed by atoms with E-state index in [-0.39, 0.29) is 12.5 Å². The van der Waals surface area contributed by atoms with Crippen molar-refractivity contribution in [2.75, 3.05) is 10.2 Å². The van der Waals surface area contributed by atoms with E-state index in [1.54, 1.807) is 35.2 Å². The van der Waals surface area contributed by atoms with E-state index >= 15 is 0 Å². The Morgan fingerprint density at radius 2 is 1.80 bits per heavy atom. The zero-order chi connectivity index (χ0) is 21.3. The minimum absolute atomic E-state index is 0.0780. The highest BCUT2D eigenvalue weighted by Gasteiger charge is 2.49. The molecule has 0 unspecified atom stereocenters. The molecular weight excluding hydrogens is 409 g/mol. The van der Waals surface area contributed by atoms with Crippen molar-refractivity contribution >= 4 is 40.8 Å². The van der Waals surface area contributed by atoms with Gasteiger partial charge in [-0.15, -0.1) is 0 Å². The molecule has 2 fully saturated rings. The first-order chi connectivity index (χ1) is 14.4. The zero-order valence-electron chi connectivity index (χ0n) is 16.2. The maximum atomic E-state index is 13.4. The largest absolute Gasteiger partial charge is 0.332 e. The first-order valence-electron chi connectivity index (χ1n) is 9.91. The van der Waals surface area contributed by atoms with Gasteiger partial charge in [-0.25, -0.2) is 14.1 Å². The SMILES string of the molecule is O=C(C[C@H]1C(=O)N(c2ccc(Cl)cc2)C(=O)N1C1CCCC1)Nc1cccc(F)c1. The lowest BCUT2D eigenvalue weighted by atomic mass is 10.1. The molecule has 1 saturated heterocycles. The third-order valence-corrected chi connectivity index (χ3v) is 5.80. The Balaban J connectivity index is 1.58. The van der Waals surface area contributed by atoms with Gasteiger partial charge in [0.05, 0.1) is 12.1 Å². The van der Waals surface area contributed by atoms with Crippen LogP contribution in [0.4, 0.5) is 20.6 Å². The molecule has 4 rings (SSSR count). The molecule has 1 N–H and O–H groups in total.